The molecular formula is C20H27NO4S. The Hall–Kier alpha value is -1.63. The van der Waals surface area contributed by atoms with Crippen molar-refractivity contribution in [2.45, 2.75) is 51.4 Å². The molecule has 1 aromatic heterocycles. The first-order chi connectivity index (χ1) is 12.1. The summed E-state index contributed by atoms with van der Waals surface area (Å²) in [5.41, 5.74) is -0.0855. The molecule has 3 rings (SSSR count). The molecule has 3 atom stereocenters. The van der Waals surface area contributed by atoms with Gasteiger partial charge in [-0.3, -0.25) is 0 Å². The highest BCUT2D eigenvalue weighted by molar-refractivity contribution is 7.11. The van der Waals surface area contributed by atoms with Crippen LogP contribution in [-0.2, 0) is 10.3 Å². The Bertz CT molecular complexity index is 745. The standard InChI is InChI=1S/C20H27NO4S/c1-13-6-5-7-14(16(13)22)17-15(8-11-26-17)20(24)9-10-21(12-20)18(23)25-19(2,3)4/h5-8,11,13,16,22,24H,9-10,12H2,1-4H3. The lowest BCUT2D eigenvalue weighted by molar-refractivity contribution is 0.0140. The molecule has 142 valence electrons. The number of nitrogens with zero attached hydrogens (tertiary/aromatic N) is 1. The molecule has 1 aromatic rings. The number of carbonyl (C=O) groups excluding carboxylic acids is 1. The lowest BCUT2D eigenvalue weighted by atomic mass is 9.86. The maximum Gasteiger partial charge on any atom is 0.410 e. The van der Waals surface area contributed by atoms with Crippen LogP contribution in [0.4, 0.5) is 4.79 Å². The smallest absolute Gasteiger partial charge is 0.410 e. The summed E-state index contributed by atoms with van der Waals surface area (Å²) < 4.78 is 5.43. The first-order valence-electron chi connectivity index (χ1n) is 8.96. The van der Waals surface area contributed by atoms with Gasteiger partial charge in [0.25, 0.3) is 0 Å². The third-order valence-electron chi connectivity index (χ3n) is 4.84. The zero-order valence-corrected chi connectivity index (χ0v) is 16.5. The van der Waals surface area contributed by atoms with Crippen LogP contribution in [-0.4, -0.2) is 46.0 Å². The number of aliphatic hydroxyl groups excluding tert-OH is 1. The molecule has 1 aliphatic carbocycles. The van der Waals surface area contributed by atoms with Gasteiger partial charge in [-0.05, 0) is 44.2 Å². The van der Waals surface area contributed by atoms with Gasteiger partial charge in [-0.15, -0.1) is 11.3 Å². The summed E-state index contributed by atoms with van der Waals surface area (Å²) in [5.74, 6) is 0.0291. The highest BCUT2D eigenvalue weighted by atomic mass is 32.1. The van der Waals surface area contributed by atoms with Crippen LogP contribution in [0.5, 0.6) is 0 Å². The predicted molar refractivity (Wildman–Crippen MR) is 103 cm³/mol. The number of hydrogen-bond donors (Lipinski definition) is 2. The molecule has 1 amide bonds. The maximum absolute atomic E-state index is 12.3. The predicted octanol–water partition coefficient (Wildman–Crippen LogP) is 3.53. The fourth-order valence-corrected chi connectivity index (χ4v) is 4.48. The average Bonchev–Trinajstić information content (AvgIpc) is 3.16. The number of carbonyl (C=O) groups is 1. The molecule has 6 heteroatoms. The van der Waals surface area contributed by atoms with E-state index in [1.807, 2.05) is 57.4 Å². The van der Waals surface area contributed by atoms with Gasteiger partial charge in [-0.2, -0.15) is 0 Å². The normalized spacial score (nSPS) is 29.0. The molecule has 5 nitrogen and oxygen atoms in total. The van der Waals surface area contributed by atoms with Crippen molar-refractivity contribution in [2.24, 2.45) is 5.92 Å². The molecule has 2 N–H and O–H groups in total. The molecule has 1 fully saturated rings. The molecule has 0 bridgehead atoms. The minimum Gasteiger partial charge on any atom is -0.444 e. The summed E-state index contributed by atoms with van der Waals surface area (Å²) in [6.07, 6.45) is 5.27. The van der Waals surface area contributed by atoms with Crippen LogP contribution in [0, 0.1) is 5.92 Å². The van der Waals surface area contributed by atoms with Gasteiger partial charge in [0.15, 0.2) is 0 Å². The second kappa shape index (κ2) is 6.83. The number of likely N-dealkylation sites (tertiary alicyclic amines) is 1. The number of amides is 1. The Balaban J connectivity index is 1.83. The molecule has 0 aromatic carbocycles. The van der Waals surface area contributed by atoms with Crippen molar-refractivity contribution in [3.63, 3.8) is 0 Å². The van der Waals surface area contributed by atoms with E-state index < -0.39 is 23.4 Å². The Morgan fingerprint density at radius 1 is 1.42 bits per heavy atom. The number of rotatable bonds is 2. The highest BCUT2D eigenvalue weighted by Crippen LogP contribution is 2.41. The fourth-order valence-electron chi connectivity index (χ4n) is 3.43. The molecule has 0 saturated carbocycles. The molecule has 1 aliphatic heterocycles. The van der Waals surface area contributed by atoms with E-state index in [4.69, 9.17) is 4.74 Å². The molecule has 26 heavy (non-hydrogen) atoms. The highest BCUT2D eigenvalue weighted by Gasteiger charge is 2.43. The summed E-state index contributed by atoms with van der Waals surface area (Å²) in [6.45, 7) is 8.09. The molecular weight excluding hydrogens is 350 g/mol. The number of thiophene rings is 1. The number of β-amino-alcohol motifs (C(OH)–C–C–N with tert-alkyl or cyclic N) is 1. The Labute approximate surface area is 158 Å². The molecule has 3 unspecified atom stereocenters. The summed E-state index contributed by atoms with van der Waals surface area (Å²) in [7, 11) is 0. The molecule has 2 heterocycles. The van der Waals surface area contributed by atoms with Crippen molar-refractivity contribution in [1.82, 2.24) is 4.90 Å². The van der Waals surface area contributed by atoms with Gasteiger partial charge in [0, 0.05) is 22.9 Å². The Kier molecular flexibility index (Phi) is 5.03. The molecule has 2 aliphatic rings. The number of aliphatic hydroxyl groups is 2. The van der Waals surface area contributed by atoms with Crippen LogP contribution in [0.25, 0.3) is 5.57 Å². The number of allylic oxidation sites excluding steroid dienone is 2. The van der Waals surface area contributed by atoms with Crippen LogP contribution in [0.1, 0.15) is 44.6 Å². The van der Waals surface area contributed by atoms with E-state index in [9.17, 15) is 15.0 Å². The topological polar surface area (TPSA) is 70.0 Å². The Morgan fingerprint density at radius 3 is 2.85 bits per heavy atom. The van der Waals surface area contributed by atoms with E-state index in [0.717, 1.165) is 16.0 Å². The van der Waals surface area contributed by atoms with Gasteiger partial charge in [0.1, 0.15) is 11.2 Å². The van der Waals surface area contributed by atoms with Gasteiger partial charge < -0.3 is 19.8 Å². The average molecular weight is 378 g/mol. The lowest BCUT2D eigenvalue weighted by Gasteiger charge is -2.28. The SMILES string of the molecule is CC1C=CC=C(c2sccc2C2(O)CCN(C(=O)OC(C)(C)C)C2)C1O. The van der Waals surface area contributed by atoms with E-state index in [1.165, 1.54) is 11.3 Å². The molecule has 0 spiro atoms. The van der Waals surface area contributed by atoms with Gasteiger partial charge in [0.05, 0.1) is 12.6 Å². The van der Waals surface area contributed by atoms with E-state index >= 15 is 0 Å². The summed E-state index contributed by atoms with van der Waals surface area (Å²) in [6, 6.07) is 1.90. The van der Waals surface area contributed by atoms with Crippen LogP contribution in [0.15, 0.2) is 29.7 Å². The van der Waals surface area contributed by atoms with Crippen molar-refractivity contribution >= 4 is 23.0 Å². The zero-order valence-electron chi connectivity index (χ0n) is 15.7. The van der Waals surface area contributed by atoms with Gasteiger partial charge in [0.2, 0.25) is 0 Å². The minimum absolute atomic E-state index is 0.0291. The third-order valence-corrected chi connectivity index (χ3v) is 5.80. The second-order valence-electron chi connectivity index (χ2n) is 8.16. The summed E-state index contributed by atoms with van der Waals surface area (Å²) in [4.78, 5) is 14.8. The monoisotopic (exact) mass is 377 g/mol. The van der Waals surface area contributed by atoms with Crippen molar-refractivity contribution < 1.29 is 19.7 Å². The van der Waals surface area contributed by atoms with E-state index in [1.54, 1.807) is 4.90 Å². The van der Waals surface area contributed by atoms with Gasteiger partial charge in [-0.25, -0.2) is 4.79 Å². The maximum atomic E-state index is 12.3. The summed E-state index contributed by atoms with van der Waals surface area (Å²) in [5, 5.41) is 23.7. The first kappa shape index (κ1) is 19.1. The van der Waals surface area contributed by atoms with Crippen LogP contribution >= 0.6 is 11.3 Å². The summed E-state index contributed by atoms with van der Waals surface area (Å²) >= 11 is 1.51. The van der Waals surface area contributed by atoms with Crippen LogP contribution in [0.3, 0.4) is 0 Å². The number of ether oxygens (including phenoxy) is 1. The van der Waals surface area contributed by atoms with Crippen molar-refractivity contribution in [1.29, 1.82) is 0 Å². The van der Waals surface area contributed by atoms with Crippen molar-refractivity contribution in [3.05, 3.63) is 40.1 Å². The Morgan fingerprint density at radius 2 is 2.15 bits per heavy atom. The number of hydrogen-bond acceptors (Lipinski definition) is 5. The molecule has 1 saturated heterocycles. The first-order valence-corrected chi connectivity index (χ1v) is 9.84. The second-order valence-corrected chi connectivity index (χ2v) is 9.07. The minimum atomic E-state index is -1.13. The fraction of sp³-hybridized carbons (Fsp3) is 0.550. The van der Waals surface area contributed by atoms with Gasteiger partial charge in [-0.1, -0.05) is 25.2 Å². The van der Waals surface area contributed by atoms with E-state index in [2.05, 4.69) is 0 Å². The quantitative estimate of drug-likeness (QED) is 0.827. The van der Waals surface area contributed by atoms with E-state index in [0.29, 0.717) is 13.0 Å². The largest absolute Gasteiger partial charge is 0.444 e. The third kappa shape index (κ3) is 3.72. The molecule has 0 radical (unpaired) electrons. The van der Waals surface area contributed by atoms with Crippen LogP contribution < -0.4 is 0 Å². The van der Waals surface area contributed by atoms with Crippen LogP contribution in [0.2, 0.25) is 0 Å². The van der Waals surface area contributed by atoms with Crippen molar-refractivity contribution in [2.75, 3.05) is 13.1 Å². The van der Waals surface area contributed by atoms with Crippen molar-refractivity contribution in [3.8, 4) is 0 Å². The zero-order chi connectivity index (χ0) is 19.1. The lowest BCUT2D eigenvalue weighted by Crippen LogP contribution is -2.38. The van der Waals surface area contributed by atoms with Gasteiger partial charge >= 0.3 is 6.09 Å². The van der Waals surface area contributed by atoms with E-state index in [-0.39, 0.29) is 12.5 Å².